The van der Waals surface area contributed by atoms with Gasteiger partial charge in [-0.25, -0.2) is 4.79 Å². The van der Waals surface area contributed by atoms with Crippen LogP contribution < -0.4 is 10.6 Å². The standard InChI is InChI=1S/C20H25F3N6O.C2H4O/c21-20(22,23)18-11-17(27-5-1-2-6-27)4-3-15(18)13-26-7-9-28(10-8-26)19(30)29-14-16(24)12-25-29;1-2-3/h3-4,11-12,14H,1-2,5-10,13,24H2;2H,1H3. The minimum absolute atomic E-state index is 0.200. The molecule has 33 heavy (non-hydrogen) atoms. The average molecular weight is 467 g/mol. The number of aromatic nitrogens is 2. The monoisotopic (exact) mass is 466 g/mol. The molecule has 0 radical (unpaired) electrons. The molecule has 1 aromatic carbocycles. The van der Waals surface area contributed by atoms with Crippen molar-refractivity contribution in [3.8, 4) is 0 Å². The van der Waals surface area contributed by atoms with E-state index in [2.05, 4.69) is 5.10 Å². The van der Waals surface area contributed by atoms with Gasteiger partial charge in [0.2, 0.25) is 0 Å². The van der Waals surface area contributed by atoms with E-state index in [1.807, 2.05) is 9.80 Å². The molecule has 2 aromatic rings. The molecule has 0 saturated carbocycles. The molecule has 1 aromatic heterocycles. The number of nitrogens with zero attached hydrogens (tertiary/aromatic N) is 5. The Labute approximate surface area is 190 Å². The van der Waals surface area contributed by atoms with E-state index in [1.54, 1.807) is 17.0 Å². The summed E-state index contributed by atoms with van der Waals surface area (Å²) in [4.78, 5) is 26.8. The van der Waals surface area contributed by atoms with Crippen molar-refractivity contribution in [2.75, 3.05) is 49.9 Å². The minimum atomic E-state index is -4.40. The summed E-state index contributed by atoms with van der Waals surface area (Å²) in [6, 6.07) is 4.39. The average Bonchev–Trinajstić information content (AvgIpc) is 3.46. The predicted octanol–water partition coefficient (Wildman–Crippen LogP) is 3.08. The van der Waals surface area contributed by atoms with Gasteiger partial charge in [-0.05, 0) is 37.5 Å². The number of rotatable bonds is 3. The summed E-state index contributed by atoms with van der Waals surface area (Å²) in [5, 5.41) is 3.92. The quantitative estimate of drug-likeness (QED) is 0.700. The Hall–Kier alpha value is -3.08. The van der Waals surface area contributed by atoms with Crippen LogP contribution in [0.3, 0.4) is 0 Å². The number of anilines is 2. The summed E-state index contributed by atoms with van der Waals surface area (Å²) >= 11 is 0. The second kappa shape index (κ2) is 10.7. The summed E-state index contributed by atoms with van der Waals surface area (Å²) in [6.07, 6.45) is 1.22. The van der Waals surface area contributed by atoms with Gasteiger partial charge in [-0.15, -0.1) is 0 Å². The van der Waals surface area contributed by atoms with Crippen LogP contribution in [0.2, 0.25) is 0 Å². The highest BCUT2D eigenvalue weighted by atomic mass is 19.4. The predicted molar refractivity (Wildman–Crippen MR) is 119 cm³/mol. The van der Waals surface area contributed by atoms with Gasteiger partial charge in [-0.2, -0.15) is 23.0 Å². The first-order valence-electron chi connectivity index (χ1n) is 10.9. The first-order chi connectivity index (χ1) is 15.7. The smallest absolute Gasteiger partial charge is 0.396 e. The highest BCUT2D eigenvalue weighted by Crippen LogP contribution is 2.36. The Bertz CT molecular complexity index is 948. The maximum atomic E-state index is 13.7. The van der Waals surface area contributed by atoms with Crippen LogP contribution in [0.4, 0.5) is 29.3 Å². The third-order valence-corrected chi connectivity index (χ3v) is 5.71. The van der Waals surface area contributed by atoms with E-state index in [4.69, 9.17) is 10.5 Å². The zero-order chi connectivity index (χ0) is 24.0. The molecule has 2 fully saturated rings. The lowest BCUT2D eigenvalue weighted by molar-refractivity contribution is -0.138. The normalized spacial score (nSPS) is 17.0. The van der Waals surface area contributed by atoms with Gasteiger partial charge in [0.1, 0.15) is 6.29 Å². The molecule has 2 saturated heterocycles. The minimum Gasteiger partial charge on any atom is -0.396 e. The van der Waals surface area contributed by atoms with Gasteiger partial charge >= 0.3 is 12.2 Å². The van der Waals surface area contributed by atoms with E-state index in [0.717, 1.165) is 32.2 Å². The molecule has 1 amide bonds. The number of halogens is 3. The Morgan fingerprint density at radius 3 is 2.30 bits per heavy atom. The van der Waals surface area contributed by atoms with Gasteiger partial charge in [0, 0.05) is 51.5 Å². The summed E-state index contributed by atoms with van der Waals surface area (Å²) in [7, 11) is 0. The fourth-order valence-corrected chi connectivity index (χ4v) is 4.06. The highest BCUT2D eigenvalue weighted by molar-refractivity contribution is 5.76. The van der Waals surface area contributed by atoms with Gasteiger partial charge in [0.25, 0.3) is 0 Å². The van der Waals surface area contributed by atoms with E-state index >= 15 is 0 Å². The number of alkyl halides is 3. The number of aldehydes is 1. The molecule has 11 heteroatoms. The van der Waals surface area contributed by atoms with E-state index in [9.17, 15) is 18.0 Å². The van der Waals surface area contributed by atoms with Gasteiger partial charge in [0.05, 0.1) is 23.6 Å². The topological polar surface area (TPSA) is 87.7 Å². The lowest BCUT2D eigenvalue weighted by Crippen LogP contribution is -2.49. The number of piperazine rings is 1. The largest absolute Gasteiger partial charge is 0.416 e. The van der Waals surface area contributed by atoms with E-state index in [-0.39, 0.29) is 18.1 Å². The van der Waals surface area contributed by atoms with Gasteiger partial charge in [-0.3, -0.25) is 4.90 Å². The summed E-state index contributed by atoms with van der Waals surface area (Å²) < 4.78 is 42.3. The van der Waals surface area contributed by atoms with Crippen LogP contribution in [0.5, 0.6) is 0 Å². The van der Waals surface area contributed by atoms with E-state index < -0.39 is 11.7 Å². The number of carbonyl (C=O) groups excluding carboxylic acids is 2. The number of carbonyl (C=O) groups is 2. The Morgan fingerprint density at radius 1 is 1.12 bits per heavy atom. The zero-order valence-corrected chi connectivity index (χ0v) is 18.6. The van der Waals surface area contributed by atoms with Crippen LogP contribution in [-0.4, -0.2) is 71.2 Å². The number of amides is 1. The van der Waals surface area contributed by atoms with Crippen LogP contribution in [0, 0.1) is 0 Å². The highest BCUT2D eigenvalue weighted by Gasteiger charge is 2.35. The molecule has 0 spiro atoms. The number of hydrogen-bond acceptors (Lipinski definition) is 6. The molecule has 0 atom stereocenters. The second-order valence-corrected chi connectivity index (χ2v) is 8.03. The maximum Gasteiger partial charge on any atom is 0.416 e. The van der Waals surface area contributed by atoms with Crippen LogP contribution >= 0.6 is 0 Å². The van der Waals surface area contributed by atoms with Crippen LogP contribution in [-0.2, 0) is 17.5 Å². The van der Waals surface area contributed by atoms with Crippen LogP contribution in [0.1, 0.15) is 30.9 Å². The van der Waals surface area contributed by atoms with Gasteiger partial charge in [-0.1, -0.05) is 6.07 Å². The molecule has 2 aliphatic rings. The van der Waals surface area contributed by atoms with Crippen LogP contribution in [0.25, 0.3) is 0 Å². The van der Waals surface area contributed by atoms with Crippen molar-refractivity contribution in [2.24, 2.45) is 0 Å². The van der Waals surface area contributed by atoms with Crippen molar-refractivity contribution in [3.05, 3.63) is 41.7 Å². The van der Waals surface area contributed by atoms with Crippen molar-refractivity contribution < 1.29 is 22.8 Å². The second-order valence-electron chi connectivity index (χ2n) is 8.03. The van der Waals surface area contributed by atoms with Crippen molar-refractivity contribution in [1.82, 2.24) is 19.6 Å². The Morgan fingerprint density at radius 2 is 1.76 bits per heavy atom. The third kappa shape index (κ3) is 6.25. The van der Waals surface area contributed by atoms with Gasteiger partial charge in [0.15, 0.2) is 0 Å². The van der Waals surface area contributed by atoms with Crippen molar-refractivity contribution >= 4 is 23.7 Å². The molecule has 4 rings (SSSR count). The number of nitrogen functional groups attached to an aromatic ring is 1. The van der Waals surface area contributed by atoms with Crippen molar-refractivity contribution in [1.29, 1.82) is 0 Å². The molecule has 2 aliphatic heterocycles. The third-order valence-electron chi connectivity index (χ3n) is 5.71. The molecule has 8 nitrogen and oxygen atoms in total. The maximum absolute atomic E-state index is 13.7. The zero-order valence-electron chi connectivity index (χ0n) is 18.6. The number of hydrogen-bond donors (Lipinski definition) is 1. The first-order valence-corrected chi connectivity index (χ1v) is 10.9. The van der Waals surface area contributed by atoms with E-state index in [1.165, 1.54) is 30.1 Å². The molecule has 180 valence electrons. The van der Waals surface area contributed by atoms with Crippen molar-refractivity contribution in [3.63, 3.8) is 0 Å². The Balaban J connectivity index is 0.000000968. The molecular formula is C22H29F3N6O2. The summed E-state index contributed by atoms with van der Waals surface area (Å²) in [6.45, 7) is 5.08. The lowest BCUT2D eigenvalue weighted by Gasteiger charge is -2.35. The fourth-order valence-electron chi connectivity index (χ4n) is 4.06. The number of nitrogens with two attached hydrogens (primary N) is 1. The lowest BCUT2D eigenvalue weighted by atomic mass is 10.0. The summed E-state index contributed by atoms with van der Waals surface area (Å²) in [5.41, 5.74) is 6.33. The molecule has 0 bridgehead atoms. The Kier molecular flexibility index (Phi) is 7.96. The SMILES string of the molecule is CC=O.Nc1cnn(C(=O)N2CCN(Cc3ccc(N4CCCC4)cc3C(F)(F)F)CC2)c1. The van der Waals surface area contributed by atoms with Crippen LogP contribution in [0.15, 0.2) is 30.6 Å². The molecule has 0 aliphatic carbocycles. The number of benzene rings is 1. The molecule has 0 unspecified atom stereocenters. The molecular weight excluding hydrogens is 437 g/mol. The molecule has 2 N–H and O–H groups in total. The summed E-state index contributed by atoms with van der Waals surface area (Å²) in [5.74, 6) is 0. The van der Waals surface area contributed by atoms with E-state index in [0.29, 0.717) is 37.6 Å². The van der Waals surface area contributed by atoms with Crippen molar-refractivity contribution in [2.45, 2.75) is 32.5 Å². The molecule has 3 heterocycles. The van der Waals surface area contributed by atoms with Gasteiger partial charge < -0.3 is 20.3 Å². The fraction of sp³-hybridized carbons (Fsp3) is 0.500. The first kappa shape index (κ1) is 24.6.